The number of aromatic amines is 1. The summed E-state index contributed by atoms with van der Waals surface area (Å²) < 4.78 is 16.9. The summed E-state index contributed by atoms with van der Waals surface area (Å²) in [5.74, 6) is 1.72. The van der Waals surface area contributed by atoms with Crippen molar-refractivity contribution in [1.82, 2.24) is 20.2 Å². The number of anilines is 1. The lowest BCUT2D eigenvalue weighted by Gasteiger charge is -2.27. The van der Waals surface area contributed by atoms with Gasteiger partial charge in [-0.05, 0) is 18.2 Å². The summed E-state index contributed by atoms with van der Waals surface area (Å²) in [6.07, 6.45) is 2.63. The van der Waals surface area contributed by atoms with Crippen LogP contribution in [0.4, 0.5) is 5.82 Å². The first-order chi connectivity index (χ1) is 13.4. The predicted molar refractivity (Wildman–Crippen MR) is 100 cm³/mol. The van der Waals surface area contributed by atoms with Crippen LogP contribution in [-0.2, 0) is 9.47 Å². The Kier molecular flexibility index (Phi) is 4.35. The van der Waals surface area contributed by atoms with Crippen LogP contribution in [0.1, 0.15) is 6.42 Å². The third-order valence-corrected chi connectivity index (χ3v) is 4.96. The van der Waals surface area contributed by atoms with Gasteiger partial charge in [-0.3, -0.25) is 5.10 Å². The van der Waals surface area contributed by atoms with Gasteiger partial charge in [-0.15, -0.1) is 0 Å². The molecule has 2 aliphatic rings. The number of aromatic nitrogens is 4. The highest BCUT2D eigenvalue weighted by molar-refractivity contribution is 5.93. The van der Waals surface area contributed by atoms with Gasteiger partial charge in [-0.25, -0.2) is 9.97 Å². The molecular formula is C19H21N5O3. The number of ether oxygens (including phenoxy) is 3. The number of hydrogen-bond donors (Lipinski definition) is 1. The molecule has 27 heavy (non-hydrogen) atoms. The van der Waals surface area contributed by atoms with E-state index in [0.29, 0.717) is 6.61 Å². The van der Waals surface area contributed by atoms with Crippen molar-refractivity contribution in [1.29, 1.82) is 0 Å². The Morgan fingerprint density at radius 1 is 1.07 bits per heavy atom. The summed E-state index contributed by atoms with van der Waals surface area (Å²) in [6.45, 7) is 4.51. The average molecular weight is 367 g/mol. The topological polar surface area (TPSA) is 85.4 Å². The molecule has 2 saturated heterocycles. The maximum absolute atomic E-state index is 6.04. The first-order valence-corrected chi connectivity index (χ1v) is 9.24. The summed E-state index contributed by atoms with van der Waals surface area (Å²) in [6, 6.07) is 7.95. The zero-order valence-electron chi connectivity index (χ0n) is 14.9. The van der Waals surface area contributed by atoms with Gasteiger partial charge >= 0.3 is 0 Å². The number of morpholine rings is 1. The molecule has 5 rings (SSSR count). The van der Waals surface area contributed by atoms with Gasteiger partial charge < -0.3 is 19.1 Å². The quantitative estimate of drug-likeness (QED) is 0.755. The molecule has 2 aliphatic heterocycles. The van der Waals surface area contributed by atoms with Crippen molar-refractivity contribution in [3.63, 3.8) is 0 Å². The van der Waals surface area contributed by atoms with E-state index in [4.69, 9.17) is 14.2 Å². The molecule has 2 aromatic heterocycles. The number of rotatable bonds is 4. The van der Waals surface area contributed by atoms with Gasteiger partial charge in [0.2, 0.25) is 0 Å². The van der Waals surface area contributed by atoms with E-state index in [2.05, 4.69) is 25.1 Å². The minimum atomic E-state index is 0.116. The summed E-state index contributed by atoms with van der Waals surface area (Å²) in [5.41, 5.74) is 2.54. The van der Waals surface area contributed by atoms with Crippen molar-refractivity contribution < 1.29 is 14.2 Å². The van der Waals surface area contributed by atoms with Crippen molar-refractivity contribution in [3.8, 4) is 17.1 Å². The summed E-state index contributed by atoms with van der Waals surface area (Å²) in [7, 11) is 0. The van der Waals surface area contributed by atoms with Crippen LogP contribution in [0, 0.1) is 0 Å². The highest BCUT2D eigenvalue weighted by Crippen LogP contribution is 2.30. The van der Waals surface area contributed by atoms with Crippen LogP contribution >= 0.6 is 0 Å². The van der Waals surface area contributed by atoms with Crippen molar-refractivity contribution in [3.05, 3.63) is 30.6 Å². The molecule has 8 nitrogen and oxygen atoms in total. The van der Waals surface area contributed by atoms with Gasteiger partial charge in [-0.1, -0.05) is 0 Å². The average Bonchev–Trinajstić information content (AvgIpc) is 3.38. The van der Waals surface area contributed by atoms with E-state index >= 15 is 0 Å². The van der Waals surface area contributed by atoms with Gasteiger partial charge in [0.25, 0.3) is 0 Å². The van der Waals surface area contributed by atoms with E-state index in [1.165, 1.54) is 0 Å². The van der Waals surface area contributed by atoms with Gasteiger partial charge in [-0.2, -0.15) is 5.10 Å². The molecule has 4 heterocycles. The molecule has 3 aromatic rings. The molecular weight excluding hydrogens is 346 g/mol. The van der Waals surface area contributed by atoms with Crippen LogP contribution in [-0.4, -0.2) is 65.8 Å². The Hall–Kier alpha value is -2.71. The van der Waals surface area contributed by atoms with Gasteiger partial charge in [0.1, 0.15) is 29.7 Å². The molecule has 1 unspecified atom stereocenters. The Balaban J connectivity index is 1.47. The van der Waals surface area contributed by atoms with E-state index in [9.17, 15) is 0 Å². The molecule has 1 aromatic carbocycles. The van der Waals surface area contributed by atoms with Crippen LogP contribution in [0.5, 0.6) is 5.75 Å². The van der Waals surface area contributed by atoms with E-state index < -0.39 is 0 Å². The second-order valence-electron chi connectivity index (χ2n) is 6.74. The third-order valence-electron chi connectivity index (χ3n) is 4.96. The predicted octanol–water partition coefficient (Wildman–Crippen LogP) is 2.02. The smallest absolute Gasteiger partial charge is 0.132 e. The number of nitrogens with one attached hydrogen (secondary N) is 1. The normalized spacial score (nSPS) is 20.3. The third kappa shape index (κ3) is 3.33. The fourth-order valence-corrected chi connectivity index (χ4v) is 3.50. The van der Waals surface area contributed by atoms with Gasteiger partial charge in [0.05, 0.1) is 37.6 Å². The van der Waals surface area contributed by atoms with Gasteiger partial charge in [0.15, 0.2) is 0 Å². The Morgan fingerprint density at radius 2 is 2.00 bits per heavy atom. The highest BCUT2D eigenvalue weighted by atomic mass is 16.5. The molecule has 1 N–H and O–H groups in total. The second-order valence-corrected chi connectivity index (χ2v) is 6.74. The molecule has 0 bridgehead atoms. The number of fused-ring (bicyclic) bond motifs is 1. The van der Waals surface area contributed by atoms with E-state index in [1.54, 1.807) is 6.33 Å². The van der Waals surface area contributed by atoms with Crippen LogP contribution in [0.2, 0.25) is 0 Å². The van der Waals surface area contributed by atoms with Crippen LogP contribution in [0.3, 0.4) is 0 Å². The maximum atomic E-state index is 6.04. The molecule has 2 fully saturated rings. The Morgan fingerprint density at radius 3 is 2.85 bits per heavy atom. The largest absolute Gasteiger partial charge is 0.488 e. The molecule has 140 valence electrons. The minimum absolute atomic E-state index is 0.116. The van der Waals surface area contributed by atoms with E-state index in [0.717, 1.165) is 73.2 Å². The summed E-state index contributed by atoms with van der Waals surface area (Å²) >= 11 is 0. The number of H-pyrrole nitrogens is 1. The van der Waals surface area contributed by atoms with E-state index in [1.807, 2.05) is 24.3 Å². The van der Waals surface area contributed by atoms with Crippen LogP contribution < -0.4 is 9.64 Å². The lowest BCUT2D eigenvalue weighted by Crippen LogP contribution is -2.36. The van der Waals surface area contributed by atoms with Crippen LogP contribution in [0.25, 0.3) is 22.3 Å². The summed E-state index contributed by atoms with van der Waals surface area (Å²) in [4.78, 5) is 11.1. The molecule has 0 amide bonds. The molecule has 0 aliphatic carbocycles. The van der Waals surface area contributed by atoms with Crippen molar-refractivity contribution in [2.24, 2.45) is 0 Å². The fraction of sp³-hybridized carbons (Fsp3) is 0.421. The zero-order chi connectivity index (χ0) is 18.1. The highest BCUT2D eigenvalue weighted by Gasteiger charge is 2.19. The Bertz CT molecular complexity index is 932. The fourth-order valence-electron chi connectivity index (χ4n) is 3.50. The number of nitrogens with zero attached hydrogens (tertiary/aromatic N) is 4. The second kappa shape index (κ2) is 7.13. The lowest BCUT2D eigenvalue weighted by molar-refractivity contribution is 0.122. The maximum Gasteiger partial charge on any atom is 0.132 e. The first kappa shape index (κ1) is 16.5. The molecule has 0 radical (unpaired) electrons. The SMILES string of the molecule is c1nc(-c2n[nH]c3ccc(OC4CCOC4)cc23)cc(N2CCOCC2)n1. The first-order valence-electron chi connectivity index (χ1n) is 9.24. The van der Waals surface area contributed by atoms with Gasteiger partial charge in [0, 0.05) is 31.0 Å². The minimum Gasteiger partial charge on any atom is -0.488 e. The van der Waals surface area contributed by atoms with Crippen molar-refractivity contribution in [2.75, 3.05) is 44.4 Å². The zero-order valence-corrected chi connectivity index (χ0v) is 14.9. The summed E-state index contributed by atoms with van der Waals surface area (Å²) in [5, 5.41) is 8.55. The van der Waals surface area contributed by atoms with Crippen LogP contribution in [0.15, 0.2) is 30.6 Å². The van der Waals surface area contributed by atoms with Crippen molar-refractivity contribution >= 4 is 16.7 Å². The monoisotopic (exact) mass is 367 g/mol. The number of benzene rings is 1. The molecule has 1 atom stereocenters. The lowest BCUT2D eigenvalue weighted by atomic mass is 10.1. The molecule has 0 saturated carbocycles. The Labute approximate surface area is 156 Å². The van der Waals surface area contributed by atoms with E-state index in [-0.39, 0.29) is 6.10 Å². The van der Waals surface area contributed by atoms with Crippen molar-refractivity contribution in [2.45, 2.75) is 12.5 Å². The molecule has 8 heteroatoms. The number of hydrogen-bond acceptors (Lipinski definition) is 7. The molecule has 0 spiro atoms. The standard InChI is InChI=1S/C19H21N5O3/c1-2-16-15(9-13(1)27-14-3-6-26-11-14)19(23-22-16)17-10-18(21-12-20-17)24-4-7-25-8-5-24/h1-2,9-10,12,14H,3-8,11H2,(H,22,23).